The first-order valence-electron chi connectivity index (χ1n) is 7.79. The molecule has 0 spiro atoms. The van der Waals surface area contributed by atoms with E-state index < -0.39 is 5.97 Å². The summed E-state index contributed by atoms with van der Waals surface area (Å²) in [6, 6.07) is 12.7. The van der Waals surface area contributed by atoms with E-state index in [4.69, 9.17) is 9.84 Å². The second kappa shape index (κ2) is 8.15. The number of rotatable bonds is 7. The second-order valence-corrected chi connectivity index (χ2v) is 5.57. The molecule has 2 rings (SSSR count). The van der Waals surface area contributed by atoms with E-state index in [0.717, 1.165) is 11.1 Å². The highest BCUT2D eigenvalue weighted by Crippen LogP contribution is 2.18. The van der Waals surface area contributed by atoms with Gasteiger partial charge in [-0.15, -0.1) is 0 Å². The molecule has 0 fully saturated rings. The van der Waals surface area contributed by atoms with Crippen molar-refractivity contribution in [3.63, 3.8) is 0 Å². The van der Waals surface area contributed by atoms with Gasteiger partial charge >= 0.3 is 5.97 Å². The number of carbonyl (C=O) groups excluding carboxylic acids is 1. The topological polar surface area (TPSA) is 75.6 Å². The van der Waals surface area contributed by atoms with Crippen LogP contribution >= 0.6 is 0 Å². The smallest absolute Gasteiger partial charge is 0.303 e. The van der Waals surface area contributed by atoms with E-state index in [1.54, 1.807) is 30.3 Å². The maximum Gasteiger partial charge on any atom is 0.303 e. The summed E-state index contributed by atoms with van der Waals surface area (Å²) in [6.07, 6.45) is 0.546. The molecule has 2 aromatic carbocycles. The number of nitrogens with one attached hydrogen (secondary N) is 1. The van der Waals surface area contributed by atoms with Crippen LogP contribution in [0.15, 0.2) is 42.5 Å². The number of carboxylic acids is 1. The molecule has 0 aliphatic rings. The normalized spacial score (nSPS) is 10.2. The van der Waals surface area contributed by atoms with Crippen LogP contribution < -0.4 is 10.1 Å². The largest absolute Gasteiger partial charge is 0.494 e. The number of aliphatic carboxylic acids is 1. The highest BCUT2D eigenvalue weighted by atomic mass is 16.5. The number of carboxylic acid groups (broad SMARTS) is 1. The van der Waals surface area contributed by atoms with Gasteiger partial charge in [-0.05, 0) is 61.7 Å². The Morgan fingerprint density at radius 1 is 1.08 bits per heavy atom. The van der Waals surface area contributed by atoms with E-state index in [0.29, 0.717) is 30.0 Å². The monoisotopic (exact) mass is 327 g/mol. The van der Waals surface area contributed by atoms with E-state index in [2.05, 4.69) is 5.32 Å². The molecule has 5 heteroatoms. The van der Waals surface area contributed by atoms with Crippen LogP contribution in [0.25, 0.3) is 0 Å². The molecule has 126 valence electrons. The molecule has 2 aromatic rings. The Bertz CT molecular complexity index is 723. The Kier molecular flexibility index (Phi) is 5.95. The molecule has 24 heavy (non-hydrogen) atoms. The number of benzene rings is 2. The lowest BCUT2D eigenvalue weighted by molar-refractivity contribution is -0.137. The van der Waals surface area contributed by atoms with Gasteiger partial charge in [0.05, 0.1) is 6.61 Å². The van der Waals surface area contributed by atoms with Gasteiger partial charge in [-0.25, -0.2) is 0 Å². The maximum atomic E-state index is 12.3. The zero-order valence-electron chi connectivity index (χ0n) is 13.8. The Balaban J connectivity index is 1.92. The van der Waals surface area contributed by atoms with Crippen molar-refractivity contribution in [3.05, 3.63) is 59.2 Å². The average Bonchev–Trinajstić information content (AvgIpc) is 2.55. The third-order valence-electron chi connectivity index (χ3n) is 3.77. The maximum absolute atomic E-state index is 12.3. The zero-order chi connectivity index (χ0) is 17.5. The number of hydrogen-bond donors (Lipinski definition) is 2. The summed E-state index contributed by atoms with van der Waals surface area (Å²) in [5.41, 5.74) is 3.38. The third kappa shape index (κ3) is 4.84. The van der Waals surface area contributed by atoms with Gasteiger partial charge in [-0.3, -0.25) is 9.59 Å². The lowest BCUT2D eigenvalue weighted by Gasteiger charge is -2.10. The molecule has 0 heterocycles. The van der Waals surface area contributed by atoms with Crippen LogP contribution in [-0.2, 0) is 4.79 Å². The predicted octanol–water partition coefficient (Wildman–Crippen LogP) is 3.80. The molecule has 2 N–H and O–H groups in total. The highest BCUT2D eigenvalue weighted by Gasteiger charge is 2.10. The SMILES string of the molecule is Cc1cccc(C(=O)Nc2ccc(OCCCC(=O)O)cc2)c1C. The first kappa shape index (κ1) is 17.5. The lowest BCUT2D eigenvalue weighted by Crippen LogP contribution is -2.13. The number of aryl methyl sites for hydroxylation is 1. The highest BCUT2D eigenvalue weighted by molar-refractivity contribution is 6.05. The van der Waals surface area contributed by atoms with Crippen LogP contribution in [0, 0.1) is 13.8 Å². The van der Waals surface area contributed by atoms with Gasteiger partial charge in [-0.2, -0.15) is 0 Å². The summed E-state index contributed by atoms with van der Waals surface area (Å²) in [7, 11) is 0. The summed E-state index contributed by atoms with van der Waals surface area (Å²) in [4.78, 5) is 22.8. The van der Waals surface area contributed by atoms with E-state index in [1.165, 1.54) is 0 Å². The van der Waals surface area contributed by atoms with Crippen molar-refractivity contribution in [1.29, 1.82) is 0 Å². The van der Waals surface area contributed by atoms with E-state index in [9.17, 15) is 9.59 Å². The van der Waals surface area contributed by atoms with Crippen LogP contribution in [0.1, 0.15) is 34.3 Å². The minimum absolute atomic E-state index is 0.0873. The summed E-state index contributed by atoms with van der Waals surface area (Å²) < 4.78 is 5.46. The van der Waals surface area contributed by atoms with Crippen molar-refractivity contribution in [2.24, 2.45) is 0 Å². The molecular formula is C19H21NO4. The minimum Gasteiger partial charge on any atom is -0.494 e. The molecular weight excluding hydrogens is 306 g/mol. The quantitative estimate of drug-likeness (QED) is 0.759. The number of amides is 1. The molecule has 0 aromatic heterocycles. The van der Waals surface area contributed by atoms with E-state index in [1.807, 2.05) is 26.0 Å². The first-order chi connectivity index (χ1) is 11.5. The van der Waals surface area contributed by atoms with Gasteiger partial charge in [0.25, 0.3) is 5.91 Å². The number of hydrogen-bond acceptors (Lipinski definition) is 3. The fraction of sp³-hybridized carbons (Fsp3) is 0.263. The van der Waals surface area contributed by atoms with E-state index in [-0.39, 0.29) is 12.3 Å². The van der Waals surface area contributed by atoms with Crippen LogP contribution in [-0.4, -0.2) is 23.6 Å². The van der Waals surface area contributed by atoms with Crippen LogP contribution in [0.4, 0.5) is 5.69 Å². The molecule has 0 saturated carbocycles. The Morgan fingerprint density at radius 3 is 2.46 bits per heavy atom. The molecule has 0 atom stereocenters. The Labute approximate surface area is 141 Å². The fourth-order valence-corrected chi connectivity index (χ4v) is 2.24. The molecule has 5 nitrogen and oxygen atoms in total. The van der Waals surface area contributed by atoms with Gasteiger partial charge in [-0.1, -0.05) is 12.1 Å². The Hall–Kier alpha value is -2.82. The molecule has 0 saturated heterocycles. The summed E-state index contributed by atoms with van der Waals surface area (Å²) in [5.74, 6) is -0.334. The van der Waals surface area contributed by atoms with Gasteiger partial charge in [0, 0.05) is 17.7 Å². The zero-order valence-corrected chi connectivity index (χ0v) is 13.8. The second-order valence-electron chi connectivity index (χ2n) is 5.57. The molecule has 0 aliphatic carbocycles. The molecule has 0 unspecified atom stereocenters. The fourth-order valence-electron chi connectivity index (χ4n) is 2.24. The standard InChI is InChI=1S/C19H21NO4/c1-13-5-3-6-17(14(13)2)19(23)20-15-8-10-16(11-9-15)24-12-4-7-18(21)22/h3,5-6,8-11H,4,7,12H2,1-2H3,(H,20,23)(H,21,22). The first-order valence-corrected chi connectivity index (χ1v) is 7.79. The van der Waals surface area contributed by atoms with Crippen molar-refractivity contribution < 1.29 is 19.4 Å². The van der Waals surface area contributed by atoms with Gasteiger partial charge in [0.1, 0.15) is 5.75 Å². The number of ether oxygens (including phenoxy) is 1. The van der Waals surface area contributed by atoms with Crippen molar-refractivity contribution in [2.45, 2.75) is 26.7 Å². The average molecular weight is 327 g/mol. The van der Waals surface area contributed by atoms with E-state index >= 15 is 0 Å². The molecule has 0 radical (unpaired) electrons. The van der Waals surface area contributed by atoms with Gasteiger partial charge in [0.2, 0.25) is 0 Å². The molecule has 0 aliphatic heterocycles. The van der Waals surface area contributed by atoms with Crippen LogP contribution in [0.2, 0.25) is 0 Å². The third-order valence-corrected chi connectivity index (χ3v) is 3.77. The van der Waals surface area contributed by atoms with Crippen LogP contribution in [0.3, 0.4) is 0 Å². The molecule has 0 bridgehead atoms. The lowest BCUT2D eigenvalue weighted by atomic mass is 10.0. The van der Waals surface area contributed by atoms with Crippen molar-refractivity contribution in [1.82, 2.24) is 0 Å². The summed E-state index contributed by atoms with van der Waals surface area (Å²) in [5, 5.41) is 11.4. The Morgan fingerprint density at radius 2 is 1.79 bits per heavy atom. The van der Waals surface area contributed by atoms with Gasteiger partial charge < -0.3 is 15.2 Å². The molecule has 1 amide bonds. The summed E-state index contributed by atoms with van der Waals surface area (Å²) >= 11 is 0. The summed E-state index contributed by atoms with van der Waals surface area (Å²) in [6.45, 7) is 4.25. The number of carbonyl (C=O) groups is 2. The van der Waals surface area contributed by atoms with Crippen molar-refractivity contribution in [3.8, 4) is 5.75 Å². The number of anilines is 1. The van der Waals surface area contributed by atoms with Crippen LogP contribution in [0.5, 0.6) is 5.75 Å². The van der Waals surface area contributed by atoms with Crippen molar-refractivity contribution >= 4 is 17.6 Å². The predicted molar refractivity (Wildman–Crippen MR) is 92.7 cm³/mol. The van der Waals surface area contributed by atoms with Crippen molar-refractivity contribution in [2.75, 3.05) is 11.9 Å². The van der Waals surface area contributed by atoms with Gasteiger partial charge in [0.15, 0.2) is 0 Å². The minimum atomic E-state index is -0.830.